The summed E-state index contributed by atoms with van der Waals surface area (Å²) in [5.41, 5.74) is 1.10. The van der Waals surface area contributed by atoms with E-state index in [0.717, 1.165) is 5.56 Å². The lowest BCUT2D eigenvalue weighted by Gasteiger charge is -2.22. The van der Waals surface area contributed by atoms with E-state index in [-0.39, 0.29) is 0 Å². The van der Waals surface area contributed by atoms with Crippen molar-refractivity contribution in [1.82, 2.24) is 4.90 Å². The summed E-state index contributed by atoms with van der Waals surface area (Å²) in [5.74, 6) is 0. The third-order valence-electron chi connectivity index (χ3n) is 2.10. The smallest absolute Gasteiger partial charge is 0.294 e. The Morgan fingerprint density at radius 2 is 2.06 bits per heavy atom. The van der Waals surface area contributed by atoms with E-state index in [9.17, 15) is 13.2 Å². The number of halogens is 4. The number of hydrogen-bond acceptors (Lipinski definition) is 2. The molecule has 6 heteroatoms. The molecule has 0 radical (unpaired) electrons. The Kier molecular flexibility index (Phi) is 5.78. The summed E-state index contributed by atoms with van der Waals surface area (Å²) >= 11 is 4.74. The van der Waals surface area contributed by atoms with Crippen LogP contribution in [0.2, 0.25) is 0 Å². The highest BCUT2D eigenvalue weighted by atomic mass is 79.9. The topological polar surface area (TPSA) is 3.24 Å². The molecule has 0 saturated carbocycles. The van der Waals surface area contributed by atoms with Gasteiger partial charge in [-0.1, -0.05) is 15.9 Å². The predicted molar refractivity (Wildman–Crippen MR) is 64.3 cm³/mol. The minimum atomic E-state index is -4.11. The molecule has 0 atom stereocenters. The van der Waals surface area contributed by atoms with Crippen molar-refractivity contribution in [3.05, 3.63) is 22.4 Å². The number of alkyl halides is 4. The Labute approximate surface area is 105 Å². The van der Waals surface area contributed by atoms with Crippen molar-refractivity contribution in [3.8, 4) is 0 Å². The maximum Gasteiger partial charge on any atom is 0.401 e. The second-order valence-electron chi connectivity index (χ2n) is 3.46. The maximum atomic E-state index is 12.2. The first-order valence-corrected chi connectivity index (χ1v) is 6.94. The van der Waals surface area contributed by atoms with Crippen molar-refractivity contribution in [1.29, 1.82) is 0 Å². The summed E-state index contributed by atoms with van der Waals surface area (Å²) in [6.45, 7) is 0.0359. The second-order valence-corrected chi connectivity index (χ2v) is 5.03. The monoisotopic (exact) mass is 315 g/mol. The Morgan fingerprint density at radius 1 is 1.31 bits per heavy atom. The standard InChI is InChI=1S/C10H13BrF3NS/c11-3-5-15(8-10(12,13)14)4-1-9-2-6-16-7-9/h2,6-7H,1,3-5,8H2. The minimum absolute atomic E-state index is 0.420. The average Bonchev–Trinajstić information content (AvgIpc) is 2.64. The third kappa shape index (κ3) is 5.86. The van der Waals surface area contributed by atoms with Gasteiger partial charge < -0.3 is 0 Å². The van der Waals surface area contributed by atoms with Gasteiger partial charge in [0.25, 0.3) is 0 Å². The first-order valence-electron chi connectivity index (χ1n) is 4.87. The summed E-state index contributed by atoms with van der Waals surface area (Å²) in [4.78, 5) is 1.42. The van der Waals surface area contributed by atoms with Crippen LogP contribution in [0.1, 0.15) is 5.56 Å². The first kappa shape index (κ1) is 14.0. The van der Waals surface area contributed by atoms with Crippen LogP contribution >= 0.6 is 27.3 Å². The van der Waals surface area contributed by atoms with Crippen molar-refractivity contribution >= 4 is 27.3 Å². The van der Waals surface area contributed by atoms with Crippen molar-refractivity contribution in [2.24, 2.45) is 0 Å². The Balaban J connectivity index is 2.39. The highest BCUT2D eigenvalue weighted by Crippen LogP contribution is 2.17. The molecule has 1 heterocycles. The van der Waals surface area contributed by atoms with E-state index in [0.29, 0.717) is 24.8 Å². The van der Waals surface area contributed by atoms with Gasteiger partial charge in [0.05, 0.1) is 6.54 Å². The van der Waals surface area contributed by atoms with Gasteiger partial charge in [0.2, 0.25) is 0 Å². The molecule has 16 heavy (non-hydrogen) atoms. The molecule has 0 N–H and O–H groups in total. The molecule has 0 saturated heterocycles. The summed E-state index contributed by atoms with van der Waals surface area (Å²) in [6.07, 6.45) is -3.44. The van der Waals surface area contributed by atoms with E-state index in [1.165, 1.54) is 4.90 Å². The summed E-state index contributed by atoms with van der Waals surface area (Å²) < 4.78 is 36.7. The van der Waals surface area contributed by atoms with Crippen LogP contribution in [0, 0.1) is 0 Å². The molecule has 1 rings (SSSR count). The van der Waals surface area contributed by atoms with Crippen LogP contribution in [-0.4, -0.2) is 36.0 Å². The highest BCUT2D eigenvalue weighted by molar-refractivity contribution is 9.09. The zero-order valence-electron chi connectivity index (χ0n) is 8.63. The maximum absolute atomic E-state index is 12.2. The van der Waals surface area contributed by atoms with E-state index in [1.54, 1.807) is 11.3 Å². The fourth-order valence-electron chi connectivity index (χ4n) is 1.37. The molecule has 92 valence electrons. The van der Waals surface area contributed by atoms with Crippen molar-refractivity contribution < 1.29 is 13.2 Å². The molecule has 0 aliphatic heterocycles. The van der Waals surface area contributed by atoms with Gasteiger partial charge in [-0.2, -0.15) is 24.5 Å². The lowest BCUT2D eigenvalue weighted by molar-refractivity contribution is -0.145. The van der Waals surface area contributed by atoms with E-state index in [1.807, 2.05) is 16.8 Å². The van der Waals surface area contributed by atoms with Crippen LogP contribution in [0.3, 0.4) is 0 Å². The van der Waals surface area contributed by atoms with E-state index in [4.69, 9.17) is 0 Å². The fourth-order valence-corrected chi connectivity index (χ4v) is 2.57. The highest BCUT2D eigenvalue weighted by Gasteiger charge is 2.30. The van der Waals surface area contributed by atoms with Crippen molar-refractivity contribution in [3.63, 3.8) is 0 Å². The van der Waals surface area contributed by atoms with Gasteiger partial charge in [-0.3, -0.25) is 4.90 Å². The van der Waals surface area contributed by atoms with Crippen LogP contribution in [0.15, 0.2) is 16.8 Å². The molecule has 0 amide bonds. The van der Waals surface area contributed by atoms with Crippen LogP contribution in [0.4, 0.5) is 13.2 Å². The largest absolute Gasteiger partial charge is 0.401 e. The molecule has 0 fully saturated rings. The summed E-state index contributed by atoms with van der Waals surface area (Å²) in [5, 5.41) is 4.47. The third-order valence-corrected chi connectivity index (χ3v) is 3.19. The molecule has 0 bridgehead atoms. The number of rotatable bonds is 6. The number of nitrogens with zero attached hydrogens (tertiary/aromatic N) is 1. The zero-order valence-corrected chi connectivity index (χ0v) is 11.0. The molecule has 1 nitrogen and oxygen atoms in total. The molecule has 1 aromatic rings. The van der Waals surface area contributed by atoms with Crippen LogP contribution < -0.4 is 0 Å². The van der Waals surface area contributed by atoms with Gasteiger partial charge in [0, 0.05) is 18.4 Å². The fraction of sp³-hybridized carbons (Fsp3) is 0.600. The SMILES string of the molecule is FC(F)(F)CN(CCBr)CCc1ccsc1. The lowest BCUT2D eigenvalue weighted by atomic mass is 10.2. The summed E-state index contributed by atoms with van der Waals surface area (Å²) in [7, 11) is 0. The molecule has 0 aromatic carbocycles. The van der Waals surface area contributed by atoms with Crippen LogP contribution in [-0.2, 0) is 6.42 Å². The molecule has 1 aromatic heterocycles. The molecular formula is C10H13BrF3NS. The Morgan fingerprint density at radius 3 is 2.56 bits per heavy atom. The Bertz CT molecular complexity index is 287. The minimum Gasteiger partial charge on any atom is -0.294 e. The average molecular weight is 316 g/mol. The van der Waals surface area contributed by atoms with Gasteiger partial charge in [0.15, 0.2) is 0 Å². The van der Waals surface area contributed by atoms with Gasteiger partial charge in [-0.05, 0) is 28.8 Å². The second kappa shape index (κ2) is 6.61. The molecular weight excluding hydrogens is 303 g/mol. The zero-order chi connectivity index (χ0) is 12.0. The van der Waals surface area contributed by atoms with Crippen molar-refractivity contribution in [2.45, 2.75) is 12.6 Å². The number of hydrogen-bond donors (Lipinski definition) is 0. The summed E-state index contributed by atoms with van der Waals surface area (Å²) in [6, 6.07) is 1.95. The normalized spacial score (nSPS) is 12.3. The molecule has 0 unspecified atom stereocenters. The van der Waals surface area contributed by atoms with Gasteiger partial charge >= 0.3 is 6.18 Å². The van der Waals surface area contributed by atoms with Gasteiger partial charge in [-0.15, -0.1) is 0 Å². The van der Waals surface area contributed by atoms with E-state index in [2.05, 4.69) is 15.9 Å². The Hall–Kier alpha value is -0.0700. The van der Waals surface area contributed by atoms with E-state index < -0.39 is 12.7 Å². The predicted octanol–water partition coefficient (Wildman–Crippen LogP) is 3.55. The molecule has 0 aliphatic carbocycles. The lowest BCUT2D eigenvalue weighted by Crippen LogP contribution is -2.36. The van der Waals surface area contributed by atoms with Gasteiger partial charge in [-0.25, -0.2) is 0 Å². The number of thiophene rings is 1. The van der Waals surface area contributed by atoms with E-state index >= 15 is 0 Å². The molecule has 0 spiro atoms. The van der Waals surface area contributed by atoms with Crippen LogP contribution in [0.25, 0.3) is 0 Å². The first-order chi connectivity index (χ1) is 7.51. The molecule has 0 aliphatic rings. The van der Waals surface area contributed by atoms with Crippen LogP contribution in [0.5, 0.6) is 0 Å². The van der Waals surface area contributed by atoms with Crippen molar-refractivity contribution in [2.75, 3.05) is 25.0 Å². The quantitative estimate of drug-likeness (QED) is 0.726. The van der Waals surface area contributed by atoms with Gasteiger partial charge in [0.1, 0.15) is 0 Å².